The lowest BCUT2D eigenvalue weighted by Gasteiger charge is -2.35. The van der Waals surface area contributed by atoms with E-state index in [9.17, 15) is 9.59 Å². The summed E-state index contributed by atoms with van der Waals surface area (Å²) in [5, 5.41) is 8.95. The van der Waals surface area contributed by atoms with Crippen molar-refractivity contribution < 1.29 is 14.7 Å². The van der Waals surface area contributed by atoms with Crippen molar-refractivity contribution in [3.05, 3.63) is 65.0 Å². The van der Waals surface area contributed by atoms with Crippen LogP contribution in [0.5, 0.6) is 0 Å². The van der Waals surface area contributed by atoms with Gasteiger partial charge in [-0.2, -0.15) is 0 Å². The summed E-state index contributed by atoms with van der Waals surface area (Å²) >= 11 is 0. The highest BCUT2D eigenvalue weighted by Crippen LogP contribution is 2.25. The van der Waals surface area contributed by atoms with Gasteiger partial charge in [-0.3, -0.25) is 4.79 Å². The minimum Gasteiger partial charge on any atom is -0.477 e. The molecule has 5 heteroatoms. The second-order valence-corrected chi connectivity index (χ2v) is 6.40. The Labute approximate surface area is 147 Å². The van der Waals surface area contributed by atoms with Crippen molar-refractivity contribution in [1.82, 2.24) is 9.88 Å². The van der Waals surface area contributed by atoms with Gasteiger partial charge < -0.3 is 10.0 Å². The number of carbonyl (C=O) groups excluding carboxylic acids is 1. The van der Waals surface area contributed by atoms with Crippen LogP contribution in [-0.2, 0) is 12.8 Å². The first kappa shape index (κ1) is 17.1. The molecular formula is C20H22N2O3. The van der Waals surface area contributed by atoms with Crippen LogP contribution in [0.2, 0.25) is 0 Å². The Kier molecular flexibility index (Phi) is 5.12. The monoisotopic (exact) mass is 338 g/mol. The minimum absolute atomic E-state index is 0.0508. The summed E-state index contributed by atoms with van der Waals surface area (Å²) in [7, 11) is 0. The number of pyridine rings is 1. The smallest absolute Gasteiger partial charge is 0.354 e. The maximum atomic E-state index is 13.0. The summed E-state index contributed by atoms with van der Waals surface area (Å²) in [6.45, 7) is 2.75. The fraction of sp³-hybridized carbons (Fsp3) is 0.350. The molecule has 1 amide bonds. The minimum atomic E-state index is -1.09. The molecule has 1 aromatic heterocycles. The third-order valence-electron chi connectivity index (χ3n) is 4.72. The van der Waals surface area contributed by atoms with Crippen molar-refractivity contribution in [3.63, 3.8) is 0 Å². The highest BCUT2D eigenvalue weighted by molar-refractivity contribution is 5.95. The molecule has 1 unspecified atom stereocenters. The highest BCUT2D eigenvalue weighted by Gasteiger charge is 2.28. The van der Waals surface area contributed by atoms with E-state index in [2.05, 4.69) is 30.1 Å². The summed E-state index contributed by atoms with van der Waals surface area (Å²) in [6.07, 6.45) is 5.03. The molecule has 0 saturated heterocycles. The number of carbonyl (C=O) groups is 2. The summed E-state index contributed by atoms with van der Waals surface area (Å²) in [5.41, 5.74) is 3.07. The number of nitrogens with zero attached hydrogens (tertiary/aromatic N) is 2. The predicted octanol–water partition coefficient (Wildman–Crippen LogP) is 3.19. The Morgan fingerprint density at radius 3 is 2.60 bits per heavy atom. The Balaban J connectivity index is 1.81. The van der Waals surface area contributed by atoms with Crippen molar-refractivity contribution in [3.8, 4) is 0 Å². The Morgan fingerprint density at radius 2 is 1.96 bits per heavy atom. The molecule has 0 spiro atoms. The largest absolute Gasteiger partial charge is 0.477 e. The van der Waals surface area contributed by atoms with E-state index in [0.29, 0.717) is 12.1 Å². The Hall–Kier alpha value is -2.69. The number of benzene rings is 1. The van der Waals surface area contributed by atoms with Crippen molar-refractivity contribution >= 4 is 11.9 Å². The molecule has 130 valence electrons. The van der Waals surface area contributed by atoms with E-state index in [1.807, 2.05) is 11.0 Å². The Morgan fingerprint density at radius 1 is 1.20 bits per heavy atom. The summed E-state index contributed by atoms with van der Waals surface area (Å²) in [6, 6.07) is 11.5. The molecule has 0 radical (unpaired) electrons. The van der Waals surface area contributed by atoms with Gasteiger partial charge >= 0.3 is 5.97 Å². The summed E-state index contributed by atoms with van der Waals surface area (Å²) in [4.78, 5) is 29.7. The van der Waals surface area contributed by atoms with E-state index in [4.69, 9.17) is 5.11 Å². The van der Waals surface area contributed by atoms with E-state index in [1.54, 1.807) is 6.07 Å². The molecule has 1 N–H and O–H groups in total. The SMILES string of the molecule is CCCN(C(=O)c1ccc(C(=O)O)nc1)C1CCc2ccccc2C1. The third kappa shape index (κ3) is 3.71. The molecule has 0 aliphatic heterocycles. The first-order valence-corrected chi connectivity index (χ1v) is 8.67. The van der Waals surface area contributed by atoms with Crippen LogP contribution in [0.1, 0.15) is 51.7 Å². The third-order valence-corrected chi connectivity index (χ3v) is 4.72. The van der Waals surface area contributed by atoms with Gasteiger partial charge in [0.1, 0.15) is 5.69 Å². The standard InChI is InChI=1S/C20H22N2O3/c1-2-11-22(17-9-7-14-5-3-4-6-15(14)12-17)19(23)16-8-10-18(20(24)25)21-13-16/h3-6,8,10,13,17H,2,7,9,11-12H2,1H3,(H,24,25). The Bertz CT molecular complexity index is 771. The molecule has 25 heavy (non-hydrogen) atoms. The molecule has 1 aromatic carbocycles. The van der Waals surface area contributed by atoms with Crippen LogP contribution in [0.3, 0.4) is 0 Å². The topological polar surface area (TPSA) is 70.5 Å². The number of carboxylic acid groups (broad SMARTS) is 1. The van der Waals surface area contributed by atoms with Gasteiger partial charge in [0.15, 0.2) is 0 Å². The molecule has 1 atom stereocenters. The molecule has 0 saturated carbocycles. The molecule has 1 aliphatic carbocycles. The van der Waals surface area contributed by atoms with Gasteiger partial charge in [0.25, 0.3) is 5.91 Å². The maximum Gasteiger partial charge on any atom is 0.354 e. The molecule has 0 fully saturated rings. The van der Waals surface area contributed by atoms with Crippen LogP contribution in [0.25, 0.3) is 0 Å². The number of fused-ring (bicyclic) bond motifs is 1. The van der Waals surface area contributed by atoms with Gasteiger partial charge in [-0.15, -0.1) is 0 Å². The molecule has 2 aromatic rings. The second kappa shape index (κ2) is 7.47. The average molecular weight is 338 g/mol. The molecule has 5 nitrogen and oxygen atoms in total. The number of rotatable bonds is 5. The van der Waals surface area contributed by atoms with Crippen molar-refractivity contribution in [2.45, 2.75) is 38.6 Å². The van der Waals surface area contributed by atoms with Crippen LogP contribution in [0.4, 0.5) is 0 Å². The van der Waals surface area contributed by atoms with Crippen LogP contribution < -0.4 is 0 Å². The number of aryl methyl sites for hydroxylation is 1. The van der Waals surface area contributed by atoms with Gasteiger partial charge in [0, 0.05) is 18.8 Å². The van der Waals surface area contributed by atoms with Gasteiger partial charge in [-0.25, -0.2) is 9.78 Å². The first-order valence-electron chi connectivity index (χ1n) is 8.67. The van der Waals surface area contributed by atoms with E-state index in [0.717, 1.165) is 25.7 Å². The van der Waals surface area contributed by atoms with Crippen LogP contribution in [0, 0.1) is 0 Å². The van der Waals surface area contributed by atoms with Gasteiger partial charge in [0.05, 0.1) is 5.56 Å². The number of hydrogen-bond acceptors (Lipinski definition) is 3. The lowest BCUT2D eigenvalue weighted by atomic mass is 9.87. The number of amides is 1. The zero-order valence-corrected chi connectivity index (χ0v) is 14.3. The lowest BCUT2D eigenvalue weighted by Crippen LogP contribution is -2.44. The number of aromatic carboxylic acids is 1. The van der Waals surface area contributed by atoms with Gasteiger partial charge in [0.2, 0.25) is 0 Å². The fourth-order valence-electron chi connectivity index (χ4n) is 3.45. The van der Waals surface area contributed by atoms with Crippen molar-refractivity contribution in [2.24, 2.45) is 0 Å². The van der Waals surface area contributed by atoms with E-state index >= 15 is 0 Å². The summed E-state index contributed by atoms with van der Waals surface area (Å²) < 4.78 is 0. The first-order chi connectivity index (χ1) is 12.1. The van der Waals surface area contributed by atoms with Crippen LogP contribution in [0.15, 0.2) is 42.6 Å². The average Bonchev–Trinajstić information content (AvgIpc) is 2.65. The molecular weight excluding hydrogens is 316 g/mol. The van der Waals surface area contributed by atoms with Crippen molar-refractivity contribution in [1.29, 1.82) is 0 Å². The second-order valence-electron chi connectivity index (χ2n) is 6.40. The lowest BCUT2D eigenvalue weighted by molar-refractivity contribution is 0.0654. The quantitative estimate of drug-likeness (QED) is 0.909. The fourth-order valence-corrected chi connectivity index (χ4v) is 3.45. The zero-order valence-electron chi connectivity index (χ0n) is 14.3. The normalized spacial score (nSPS) is 16.1. The number of carboxylic acids is 1. The van der Waals surface area contributed by atoms with Gasteiger partial charge in [-0.1, -0.05) is 31.2 Å². The van der Waals surface area contributed by atoms with Crippen molar-refractivity contribution in [2.75, 3.05) is 6.54 Å². The molecule has 1 heterocycles. The molecule has 1 aliphatic rings. The maximum absolute atomic E-state index is 13.0. The van der Waals surface area contributed by atoms with Crippen LogP contribution in [-0.4, -0.2) is 39.5 Å². The predicted molar refractivity (Wildman–Crippen MR) is 94.8 cm³/mol. The number of aromatic nitrogens is 1. The van der Waals surface area contributed by atoms with E-state index in [1.165, 1.54) is 23.4 Å². The van der Waals surface area contributed by atoms with E-state index in [-0.39, 0.29) is 17.6 Å². The molecule has 3 rings (SSSR count). The van der Waals surface area contributed by atoms with Crippen LogP contribution >= 0.6 is 0 Å². The molecule has 0 bridgehead atoms. The van der Waals surface area contributed by atoms with E-state index < -0.39 is 5.97 Å². The zero-order chi connectivity index (χ0) is 17.8. The number of hydrogen-bond donors (Lipinski definition) is 1. The summed E-state index contributed by atoms with van der Waals surface area (Å²) in [5.74, 6) is -1.16. The highest BCUT2D eigenvalue weighted by atomic mass is 16.4. The van der Waals surface area contributed by atoms with Gasteiger partial charge in [-0.05, 0) is 48.9 Å².